The number of aryl methyl sites for hydroxylation is 1. The van der Waals surface area contributed by atoms with Crippen LogP contribution in [0.1, 0.15) is 27.6 Å². The van der Waals surface area contributed by atoms with Crippen molar-refractivity contribution in [1.82, 2.24) is 20.4 Å². The van der Waals surface area contributed by atoms with Crippen molar-refractivity contribution in [1.29, 1.82) is 0 Å². The molecule has 0 aliphatic carbocycles. The van der Waals surface area contributed by atoms with Gasteiger partial charge < -0.3 is 18.9 Å². The number of amides is 1. The van der Waals surface area contributed by atoms with Crippen molar-refractivity contribution in [3.05, 3.63) is 53.2 Å². The summed E-state index contributed by atoms with van der Waals surface area (Å²) in [4.78, 5) is 13.9. The largest absolute Gasteiger partial charge is 0.497 e. The van der Waals surface area contributed by atoms with Gasteiger partial charge in [-0.15, -0.1) is 0 Å². The molecule has 0 aliphatic rings. The van der Waals surface area contributed by atoms with E-state index in [1.54, 1.807) is 39.3 Å². The molecule has 0 radical (unpaired) electrons. The molecule has 0 atom stereocenters. The number of carbonyl (C=O) groups is 1. The van der Waals surface area contributed by atoms with Crippen LogP contribution in [0.25, 0.3) is 0 Å². The summed E-state index contributed by atoms with van der Waals surface area (Å²) in [7, 11) is 3.22. The van der Waals surface area contributed by atoms with Gasteiger partial charge in [0.25, 0.3) is 5.91 Å². The standard InChI is InChI=1S/C17H18N4O5/c1-11-16(20-26-18-11)9-21(2)17(22)15-8-14(25-19-15)10-24-13-6-4-5-12(7-13)23-3/h4-8H,9-10H2,1-3H3. The Morgan fingerprint density at radius 1 is 1.19 bits per heavy atom. The molecule has 0 N–H and O–H groups in total. The molecule has 136 valence electrons. The summed E-state index contributed by atoms with van der Waals surface area (Å²) < 4.78 is 20.6. The van der Waals surface area contributed by atoms with Gasteiger partial charge in [-0.3, -0.25) is 4.79 Å². The third kappa shape index (κ3) is 4.00. The Morgan fingerprint density at radius 2 is 2.00 bits per heavy atom. The molecule has 26 heavy (non-hydrogen) atoms. The van der Waals surface area contributed by atoms with Crippen LogP contribution in [0.15, 0.2) is 39.5 Å². The molecule has 3 aromatic rings. The first-order valence-corrected chi connectivity index (χ1v) is 7.82. The number of methoxy groups -OCH3 is 1. The Morgan fingerprint density at radius 3 is 2.73 bits per heavy atom. The van der Waals surface area contributed by atoms with E-state index in [-0.39, 0.29) is 24.8 Å². The van der Waals surface area contributed by atoms with Gasteiger partial charge in [0, 0.05) is 19.2 Å². The van der Waals surface area contributed by atoms with E-state index in [0.29, 0.717) is 28.6 Å². The van der Waals surface area contributed by atoms with Gasteiger partial charge in [0.2, 0.25) is 0 Å². The minimum absolute atomic E-state index is 0.142. The third-order valence-corrected chi connectivity index (χ3v) is 3.68. The van der Waals surface area contributed by atoms with Gasteiger partial charge in [0.05, 0.1) is 13.7 Å². The zero-order valence-corrected chi connectivity index (χ0v) is 14.6. The van der Waals surface area contributed by atoms with Gasteiger partial charge in [0.1, 0.15) is 29.5 Å². The Labute approximate surface area is 149 Å². The van der Waals surface area contributed by atoms with Gasteiger partial charge >= 0.3 is 0 Å². The smallest absolute Gasteiger partial charge is 0.276 e. The number of hydrogen-bond acceptors (Lipinski definition) is 8. The molecule has 0 fully saturated rings. The topological polar surface area (TPSA) is 104 Å². The van der Waals surface area contributed by atoms with E-state index in [9.17, 15) is 4.79 Å². The predicted octanol–water partition coefficient (Wildman–Crippen LogP) is 2.23. The van der Waals surface area contributed by atoms with Gasteiger partial charge in [-0.25, -0.2) is 4.63 Å². The highest BCUT2D eigenvalue weighted by atomic mass is 16.6. The fraction of sp³-hybridized carbons (Fsp3) is 0.294. The first-order valence-electron chi connectivity index (χ1n) is 7.82. The molecule has 2 heterocycles. The lowest BCUT2D eigenvalue weighted by Crippen LogP contribution is -2.26. The summed E-state index contributed by atoms with van der Waals surface area (Å²) in [5, 5.41) is 11.3. The number of hydrogen-bond donors (Lipinski definition) is 0. The highest BCUT2D eigenvalue weighted by Crippen LogP contribution is 2.20. The second kappa shape index (κ2) is 7.68. The van der Waals surface area contributed by atoms with Crippen molar-refractivity contribution in [2.24, 2.45) is 0 Å². The lowest BCUT2D eigenvalue weighted by molar-refractivity contribution is 0.0771. The van der Waals surface area contributed by atoms with E-state index in [0.717, 1.165) is 0 Å². The molecule has 0 aliphatic heterocycles. The summed E-state index contributed by atoms with van der Waals surface area (Å²) in [6.45, 7) is 2.16. The van der Waals surface area contributed by atoms with E-state index in [1.165, 1.54) is 4.90 Å². The van der Waals surface area contributed by atoms with E-state index in [4.69, 9.17) is 14.0 Å². The Hall–Kier alpha value is -3.36. The van der Waals surface area contributed by atoms with Crippen molar-refractivity contribution < 1.29 is 23.4 Å². The van der Waals surface area contributed by atoms with Crippen LogP contribution in [-0.4, -0.2) is 40.4 Å². The van der Waals surface area contributed by atoms with Crippen molar-refractivity contribution in [2.75, 3.05) is 14.2 Å². The van der Waals surface area contributed by atoms with Gasteiger partial charge in [-0.2, -0.15) is 0 Å². The molecule has 0 bridgehead atoms. The summed E-state index contributed by atoms with van der Waals surface area (Å²) >= 11 is 0. The van der Waals surface area contributed by atoms with Crippen molar-refractivity contribution in [3.63, 3.8) is 0 Å². The number of aromatic nitrogens is 3. The quantitative estimate of drug-likeness (QED) is 0.633. The van der Waals surface area contributed by atoms with Crippen LogP contribution in [0, 0.1) is 6.92 Å². The van der Waals surface area contributed by atoms with Crippen molar-refractivity contribution in [2.45, 2.75) is 20.1 Å². The van der Waals surface area contributed by atoms with Gasteiger partial charge in [-0.05, 0) is 19.1 Å². The van der Waals surface area contributed by atoms with Crippen LogP contribution in [0.2, 0.25) is 0 Å². The second-order valence-corrected chi connectivity index (χ2v) is 5.60. The number of ether oxygens (including phenoxy) is 2. The lowest BCUT2D eigenvalue weighted by Gasteiger charge is -2.13. The lowest BCUT2D eigenvalue weighted by atomic mass is 10.3. The minimum Gasteiger partial charge on any atom is -0.497 e. The maximum Gasteiger partial charge on any atom is 0.276 e. The second-order valence-electron chi connectivity index (χ2n) is 5.60. The molecular weight excluding hydrogens is 340 g/mol. The average Bonchev–Trinajstić information content (AvgIpc) is 3.29. The molecule has 3 rings (SSSR count). The average molecular weight is 358 g/mol. The predicted molar refractivity (Wildman–Crippen MR) is 88.7 cm³/mol. The van der Waals surface area contributed by atoms with E-state index in [1.807, 2.05) is 12.1 Å². The first-order chi connectivity index (χ1) is 12.6. The molecule has 0 saturated heterocycles. The molecule has 2 aromatic heterocycles. The van der Waals surface area contributed by atoms with Crippen LogP contribution in [0.4, 0.5) is 0 Å². The van der Waals surface area contributed by atoms with Gasteiger partial charge in [-0.1, -0.05) is 21.5 Å². The Bertz CT molecular complexity index is 889. The van der Waals surface area contributed by atoms with Crippen LogP contribution in [0.5, 0.6) is 11.5 Å². The molecule has 0 saturated carbocycles. The summed E-state index contributed by atoms with van der Waals surface area (Å²) in [5.41, 5.74) is 1.41. The zero-order chi connectivity index (χ0) is 18.5. The number of benzene rings is 1. The molecule has 9 nitrogen and oxygen atoms in total. The summed E-state index contributed by atoms with van der Waals surface area (Å²) in [6, 6.07) is 8.74. The van der Waals surface area contributed by atoms with Crippen molar-refractivity contribution >= 4 is 5.91 Å². The maximum absolute atomic E-state index is 12.4. The van der Waals surface area contributed by atoms with Crippen molar-refractivity contribution in [3.8, 4) is 11.5 Å². The fourth-order valence-corrected chi connectivity index (χ4v) is 2.21. The number of carbonyl (C=O) groups excluding carboxylic acids is 1. The molecule has 1 amide bonds. The highest BCUT2D eigenvalue weighted by Gasteiger charge is 2.19. The van der Waals surface area contributed by atoms with Crippen LogP contribution < -0.4 is 9.47 Å². The third-order valence-electron chi connectivity index (χ3n) is 3.68. The van der Waals surface area contributed by atoms with E-state index < -0.39 is 0 Å². The molecule has 9 heteroatoms. The van der Waals surface area contributed by atoms with E-state index in [2.05, 4.69) is 20.1 Å². The molecule has 1 aromatic carbocycles. The monoisotopic (exact) mass is 358 g/mol. The zero-order valence-electron chi connectivity index (χ0n) is 14.6. The Balaban J connectivity index is 1.59. The Kier molecular flexibility index (Phi) is 5.16. The minimum atomic E-state index is -0.302. The highest BCUT2D eigenvalue weighted by molar-refractivity contribution is 5.92. The number of nitrogens with zero attached hydrogens (tertiary/aromatic N) is 4. The molecule has 0 spiro atoms. The van der Waals surface area contributed by atoms with E-state index >= 15 is 0 Å². The summed E-state index contributed by atoms with van der Waals surface area (Å²) in [6.07, 6.45) is 0. The van der Waals surface area contributed by atoms with Crippen LogP contribution in [0.3, 0.4) is 0 Å². The first kappa shape index (κ1) is 17.5. The van der Waals surface area contributed by atoms with Crippen LogP contribution in [-0.2, 0) is 13.2 Å². The SMILES string of the molecule is COc1cccc(OCc2cc(C(=O)N(C)Cc3nonc3C)no2)c1. The van der Waals surface area contributed by atoms with Crippen LogP contribution >= 0.6 is 0 Å². The maximum atomic E-state index is 12.4. The normalized spacial score (nSPS) is 10.6. The number of rotatable bonds is 7. The molecule has 0 unspecified atom stereocenters. The summed E-state index contributed by atoms with van der Waals surface area (Å²) in [5.74, 6) is 1.45. The van der Waals surface area contributed by atoms with Gasteiger partial charge in [0.15, 0.2) is 11.5 Å². The molecular formula is C17H18N4O5. The fourth-order valence-electron chi connectivity index (χ4n) is 2.21.